The Kier molecular flexibility index (Phi) is 4.97. The highest BCUT2D eigenvalue weighted by molar-refractivity contribution is 7.92. The van der Waals surface area contributed by atoms with Gasteiger partial charge in [0.1, 0.15) is 5.82 Å². The van der Waals surface area contributed by atoms with Crippen LogP contribution in [0.15, 0.2) is 34.5 Å². The second-order valence-electron chi connectivity index (χ2n) is 4.62. The normalized spacial score (nSPS) is 11.6. The first kappa shape index (κ1) is 15.9. The van der Waals surface area contributed by atoms with Crippen molar-refractivity contribution in [2.75, 3.05) is 11.3 Å². The molecule has 1 aromatic carbocycles. The summed E-state index contributed by atoms with van der Waals surface area (Å²) in [4.78, 5) is 1.07. The Morgan fingerprint density at radius 2 is 2.05 bits per heavy atom. The van der Waals surface area contributed by atoms with Crippen molar-refractivity contribution in [1.29, 1.82) is 0 Å². The van der Waals surface area contributed by atoms with Crippen molar-refractivity contribution in [3.8, 4) is 0 Å². The summed E-state index contributed by atoms with van der Waals surface area (Å²) in [6, 6.07) is 5.91. The van der Waals surface area contributed by atoms with Crippen LogP contribution in [0.2, 0.25) is 0 Å². The fraction of sp³-hybridized carbons (Fsp3) is 0.286. The maximum Gasteiger partial charge on any atom is 0.262 e. The standard InChI is InChI=1S/C14H17FN2O2S2/c1-3-16-8-11-7-12(9-20-11)21(18,19)17-14-6-10(2)4-5-13(14)15/h4-7,9,16-17H,3,8H2,1-2H3. The molecule has 0 aliphatic heterocycles. The van der Waals surface area contributed by atoms with Crippen LogP contribution in [-0.4, -0.2) is 15.0 Å². The minimum Gasteiger partial charge on any atom is -0.312 e. The van der Waals surface area contributed by atoms with Gasteiger partial charge in [-0.05, 0) is 37.2 Å². The van der Waals surface area contributed by atoms with E-state index in [1.54, 1.807) is 24.4 Å². The number of aryl methyl sites for hydroxylation is 1. The molecule has 21 heavy (non-hydrogen) atoms. The van der Waals surface area contributed by atoms with Crippen molar-refractivity contribution in [2.45, 2.75) is 25.3 Å². The number of nitrogens with one attached hydrogen (secondary N) is 2. The van der Waals surface area contributed by atoms with Gasteiger partial charge in [-0.15, -0.1) is 11.3 Å². The number of benzene rings is 1. The summed E-state index contributed by atoms with van der Waals surface area (Å²) in [6.07, 6.45) is 0. The molecule has 2 rings (SSSR count). The molecule has 1 heterocycles. The first-order chi connectivity index (χ1) is 9.92. The van der Waals surface area contributed by atoms with Crippen molar-refractivity contribution >= 4 is 27.0 Å². The molecule has 0 bridgehead atoms. The van der Waals surface area contributed by atoms with Gasteiger partial charge >= 0.3 is 0 Å². The smallest absolute Gasteiger partial charge is 0.262 e. The van der Waals surface area contributed by atoms with Gasteiger partial charge in [0, 0.05) is 16.8 Å². The second kappa shape index (κ2) is 6.55. The third-order valence-electron chi connectivity index (χ3n) is 2.86. The molecular formula is C14H17FN2O2S2. The lowest BCUT2D eigenvalue weighted by Crippen LogP contribution is -2.14. The first-order valence-electron chi connectivity index (χ1n) is 6.49. The largest absolute Gasteiger partial charge is 0.312 e. The van der Waals surface area contributed by atoms with Crippen LogP contribution < -0.4 is 10.0 Å². The number of anilines is 1. The molecule has 0 spiro atoms. The average molecular weight is 328 g/mol. The van der Waals surface area contributed by atoms with Gasteiger partial charge in [-0.25, -0.2) is 12.8 Å². The van der Waals surface area contributed by atoms with E-state index in [0.29, 0.717) is 6.54 Å². The molecule has 4 nitrogen and oxygen atoms in total. The number of thiophene rings is 1. The zero-order chi connectivity index (χ0) is 15.5. The molecule has 0 aliphatic rings. The van der Waals surface area contributed by atoms with Crippen molar-refractivity contribution in [3.63, 3.8) is 0 Å². The summed E-state index contributed by atoms with van der Waals surface area (Å²) in [5.74, 6) is -0.590. The van der Waals surface area contributed by atoms with Gasteiger partial charge in [0.05, 0.1) is 10.6 Å². The number of halogens is 1. The molecule has 0 radical (unpaired) electrons. The Hall–Kier alpha value is -1.44. The lowest BCUT2D eigenvalue weighted by atomic mass is 10.2. The van der Waals surface area contributed by atoms with E-state index in [0.717, 1.165) is 17.0 Å². The maximum absolute atomic E-state index is 13.7. The first-order valence-corrected chi connectivity index (χ1v) is 8.86. The SMILES string of the molecule is CCNCc1cc(S(=O)(=O)Nc2cc(C)ccc2F)cs1. The van der Waals surface area contributed by atoms with Crippen LogP contribution in [0.1, 0.15) is 17.4 Å². The lowest BCUT2D eigenvalue weighted by Gasteiger charge is -2.08. The van der Waals surface area contributed by atoms with E-state index < -0.39 is 15.8 Å². The molecule has 0 saturated carbocycles. The van der Waals surface area contributed by atoms with Gasteiger partial charge in [-0.1, -0.05) is 13.0 Å². The molecule has 7 heteroatoms. The quantitative estimate of drug-likeness (QED) is 0.856. The second-order valence-corrected chi connectivity index (χ2v) is 7.30. The van der Waals surface area contributed by atoms with Crippen LogP contribution in [0.5, 0.6) is 0 Å². The zero-order valence-electron chi connectivity index (χ0n) is 11.8. The van der Waals surface area contributed by atoms with Crippen LogP contribution in [0.25, 0.3) is 0 Å². The molecule has 0 atom stereocenters. The summed E-state index contributed by atoms with van der Waals surface area (Å²) in [6.45, 7) is 5.19. The van der Waals surface area contributed by atoms with Crippen molar-refractivity contribution < 1.29 is 12.8 Å². The molecule has 0 unspecified atom stereocenters. The van der Waals surface area contributed by atoms with Crippen molar-refractivity contribution in [2.24, 2.45) is 0 Å². The predicted molar refractivity (Wildman–Crippen MR) is 83.6 cm³/mol. The topological polar surface area (TPSA) is 58.2 Å². The number of sulfonamides is 1. The van der Waals surface area contributed by atoms with E-state index in [4.69, 9.17) is 0 Å². The Balaban J connectivity index is 2.22. The van der Waals surface area contributed by atoms with Crippen molar-refractivity contribution in [1.82, 2.24) is 5.32 Å². The van der Waals surface area contributed by atoms with Gasteiger partial charge in [0.2, 0.25) is 0 Å². The molecule has 0 saturated heterocycles. The Morgan fingerprint density at radius 3 is 2.76 bits per heavy atom. The van der Waals surface area contributed by atoms with E-state index in [1.807, 2.05) is 6.92 Å². The molecule has 0 fully saturated rings. The Labute approximate surface area is 128 Å². The fourth-order valence-electron chi connectivity index (χ4n) is 1.76. The van der Waals surface area contributed by atoms with Crippen LogP contribution in [0.3, 0.4) is 0 Å². The summed E-state index contributed by atoms with van der Waals surface area (Å²) >= 11 is 1.36. The van der Waals surface area contributed by atoms with Crippen LogP contribution in [0, 0.1) is 12.7 Å². The van der Waals surface area contributed by atoms with Gasteiger partial charge < -0.3 is 5.32 Å². The maximum atomic E-state index is 13.7. The predicted octanol–water partition coefficient (Wildman–Crippen LogP) is 3.11. The van der Waals surface area contributed by atoms with Gasteiger partial charge in [-0.3, -0.25) is 4.72 Å². The van der Waals surface area contributed by atoms with E-state index in [2.05, 4.69) is 10.0 Å². The summed E-state index contributed by atoms with van der Waals surface area (Å²) in [7, 11) is -3.76. The Bertz CT molecular complexity index is 726. The van der Waals surface area contributed by atoms with Gasteiger partial charge in [0.25, 0.3) is 10.0 Å². The summed E-state index contributed by atoms with van der Waals surface area (Å²) < 4.78 is 40.5. The number of hydrogen-bond donors (Lipinski definition) is 2. The molecule has 114 valence electrons. The van der Waals surface area contributed by atoms with Gasteiger partial charge in [-0.2, -0.15) is 0 Å². The van der Waals surface area contributed by atoms with Crippen LogP contribution in [0.4, 0.5) is 10.1 Å². The lowest BCUT2D eigenvalue weighted by molar-refractivity contribution is 0.598. The third kappa shape index (κ3) is 4.03. The number of hydrogen-bond acceptors (Lipinski definition) is 4. The highest BCUT2D eigenvalue weighted by Gasteiger charge is 2.18. The zero-order valence-corrected chi connectivity index (χ0v) is 13.4. The van der Waals surface area contributed by atoms with E-state index in [9.17, 15) is 12.8 Å². The van der Waals surface area contributed by atoms with E-state index in [1.165, 1.54) is 23.5 Å². The summed E-state index contributed by atoms with van der Waals surface area (Å²) in [5, 5.41) is 4.69. The monoisotopic (exact) mass is 328 g/mol. The van der Waals surface area contributed by atoms with E-state index in [-0.39, 0.29) is 10.6 Å². The third-order valence-corrected chi connectivity index (χ3v) is 5.29. The van der Waals surface area contributed by atoms with Crippen molar-refractivity contribution in [3.05, 3.63) is 45.9 Å². The van der Waals surface area contributed by atoms with Crippen LogP contribution in [-0.2, 0) is 16.6 Å². The van der Waals surface area contributed by atoms with E-state index >= 15 is 0 Å². The minimum absolute atomic E-state index is 0.0329. The molecule has 2 N–H and O–H groups in total. The molecule has 0 aliphatic carbocycles. The van der Waals surface area contributed by atoms with Gasteiger partial charge in [0.15, 0.2) is 0 Å². The summed E-state index contributed by atoms with van der Waals surface area (Å²) in [5.41, 5.74) is 0.752. The average Bonchev–Trinajstić information content (AvgIpc) is 2.90. The highest BCUT2D eigenvalue weighted by atomic mass is 32.2. The minimum atomic E-state index is -3.76. The molecular weight excluding hydrogens is 311 g/mol. The molecule has 0 amide bonds. The molecule has 1 aromatic heterocycles. The fourth-order valence-corrected chi connectivity index (χ4v) is 4.07. The van der Waals surface area contributed by atoms with Crippen LogP contribution >= 0.6 is 11.3 Å². The Morgan fingerprint density at radius 1 is 1.29 bits per heavy atom. The number of rotatable bonds is 6. The highest BCUT2D eigenvalue weighted by Crippen LogP contribution is 2.24. The molecule has 2 aromatic rings.